The number of nitrogens with one attached hydrogen (secondary N) is 2. The molecule has 1 aliphatic heterocycles. The zero-order valence-electron chi connectivity index (χ0n) is 13.6. The highest BCUT2D eigenvalue weighted by Crippen LogP contribution is 2.28. The maximum Gasteiger partial charge on any atom is 0.307 e. The van der Waals surface area contributed by atoms with Gasteiger partial charge in [-0.2, -0.15) is 5.10 Å². The Morgan fingerprint density at radius 2 is 2.12 bits per heavy atom. The summed E-state index contributed by atoms with van der Waals surface area (Å²) in [6.45, 7) is 2.05. The molecular weight excluding hydrogens is 358 g/mol. The van der Waals surface area contributed by atoms with E-state index in [9.17, 15) is 4.79 Å². The Hall–Kier alpha value is -1.89. The van der Waals surface area contributed by atoms with Crippen LogP contribution in [-0.2, 0) is 4.79 Å². The summed E-state index contributed by atoms with van der Waals surface area (Å²) in [5.74, 6) is -0.752. The quantitative estimate of drug-likeness (QED) is 0.533. The number of thiophene rings is 1. The summed E-state index contributed by atoms with van der Waals surface area (Å²) in [5.41, 5.74) is 4.18. The van der Waals surface area contributed by atoms with Crippen LogP contribution in [0.25, 0.3) is 10.4 Å². The molecule has 0 bridgehead atoms. The number of benzene rings is 1. The van der Waals surface area contributed by atoms with E-state index < -0.39 is 5.97 Å². The number of carboxylic acids is 1. The van der Waals surface area contributed by atoms with E-state index in [1.54, 1.807) is 17.6 Å². The van der Waals surface area contributed by atoms with Crippen molar-refractivity contribution in [1.29, 1.82) is 0 Å². The normalized spacial score (nSPS) is 20.7. The molecule has 0 unspecified atom stereocenters. The molecule has 7 heteroatoms. The standard InChI is InChI=1S/C18H20ClN3O2S/c19-15-3-1-13(2-4-15)17-6-5-16(25-17)11-22-21-9-12-7-14(18(23)24)10-20-8-12/h1-6,11-12,14,20-21H,7-10H2,(H,23,24)/b22-11+/t12-,14+/m0/s1. The maximum absolute atomic E-state index is 11.1. The molecule has 0 saturated carbocycles. The number of nitrogens with zero attached hydrogens (tertiary/aromatic N) is 1. The number of carbonyl (C=O) groups is 1. The largest absolute Gasteiger partial charge is 0.481 e. The number of piperidine rings is 1. The lowest BCUT2D eigenvalue weighted by molar-refractivity contribution is -0.142. The third-order valence-electron chi connectivity index (χ3n) is 4.21. The first-order chi connectivity index (χ1) is 12.1. The van der Waals surface area contributed by atoms with Crippen molar-refractivity contribution in [2.24, 2.45) is 16.9 Å². The van der Waals surface area contributed by atoms with E-state index in [4.69, 9.17) is 16.7 Å². The Morgan fingerprint density at radius 1 is 1.32 bits per heavy atom. The van der Waals surface area contributed by atoms with Crippen LogP contribution in [0.3, 0.4) is 0 Å². The summed E-state index contributed by atoms with van der Waals surface area (Å²) in [6, 6.07) is 11.9. The summed E-state index contributed by atoms with van der Waals surface area (Å²) < 4.78 is 0. The summed E-state index contributed by atoms with van der Waals surface area (Å²) in [4.78, 5) is 13.3. The number of rotatable bonds is 6. The molecule has 132 valence electrons. The number of hydrogen-bond donors (Lipinski definition) is 3. The third kappa shape index (κ3) is 5.04. The van der Waals surface area contributed by atoms with Crippen LogP contribution in [0.2, 0.25) is 5.02 Å². The monoisotopic (exact) mass is 377 g/mol. The highest BCUT2D eigenvalue weighted by Gasteiger charge is 2.26. The fourth-order valence-corrected chi connectivity index (χ4v) is 3.87. The Morgan fingerprint density at radius 3 is 2.88 bits per heavy atom. The lowest BCUT2D eigenvalue weighted by atomic mass is 9.91. The lowest BCUT2D eigenvalue weighted by Gasteiger charge is -2.27. The number of aliphatic carboxylic acids is 1. The van der Waals surface area contributed by atoms with Gasteiger partial charge in [-0.3, -0.25) is 4.79 Å². The van der Waals surface area contributed by atoms with Gasteiger partial charge >= 0.3 is 5.97 Å². The molecule has 25 heavy (non-hydrogen) atoms. The SMILES string of the molecule is O=C(O)[C@H]1CNC[C@@H](CN/N=C/c2ccc(-c3ccc(Cl)cc3)s2)C1. The molecule has 1 saturated heterocycles. The average molecular weight is 378 g/mol. The van der Waals surface area contributed by atoms with Crippen LogP contribution >= 0.6 is 22.9 Å². The molecule has 2 aromatic rings. The Bertz CT molecular complexity index is 745. The van der Waals surface area contributed by atoms with Crippen molar-refractivity contribution in [2.45, 2.75) is 6.42 Å². The van der Waals surface area contributed by atoms with Gasteiger partial charge in [-0.05, 0) is 48.7 Å². The topological polar surface area (TPSA) is 73.7 Å². The van der Waals surface area contributed by atoms with E-state index in [-0.39, 0.29) is 11.8 Å². The van der Waals surface area contributed by atoms with Gasteiger partial charge in [0.25, 0.3) is 0 Å². The molecule has 1 aromatic carbocycles. The van der Waals surface area contributed by atoms with Crippen molar-refractivity contribution in [3.05, 3.63) is 46.3 Å². The predicted molar refractivity (Wildman–Crippen MR) is 102 cm³/mol. The van der Waals surface area contributed by atoms with Crippen molar-refractivity contribution < 1.29 is 9.90 Å². The van der Waals surface area contributed by atoms with Gasteiger partial charge in [-0.1, -0.05) is 23.7 Å². The Kier molecular flexibility index (Phi) is 6.07. The van der Waals surface area contributed by atoms with Crippen molar-refractivity contribution in [2.75, 3.05) is 19.6 Å². The van der Waals surface area contributed by atoms with Crippen LogP contribution in [-0.4, -0.2) is 36.9 Å². The van der Waals surface area contributed by atoms with Gasteiger partial charge in [0, 0.05) is 27.9 Å². The van der Waals surface area contributed by atoms with Gasteiger partial charge in [-0.25, -0.2) is 0 Å². The van der Waals surface area contributed by atoms with Crippen molar-refractivity contribution >= 4 is 35.1 Å². The average Bonchev–Trinajstić information content (AvgIpc) is 3.08. The van der Waals surface area contributed by atoms with Crippen LogP contribution < -0.4 is 10.7 Å². The summed E-state index contributed by atoms with van der Waals surface area (Å²) in [5, 5.41) is 17.3. The van der Waals surface area contributed by atoms with E-state index in [2.05, 4.69) is 21.9 Å². The van der Waals surface area contributed by atoms with Crippen molar-refractivity contribution in [3.8, 4) is 10.4 Å². The minimum atomic E-state index is -0.728. The molecule has 2 heterocycles. The lowest BCUT2D eigenvalue weighted by Crippen LogP contribution is -2.42. The highest BCUT2D eigenvalue weighted by molar-refractivity contribution is 7.17. The first-order valence-electron chi connectivity index (χ1n) is 8.17. The molecule has 0 radical (unpaired) electrons. The van der Waals surface area contributed by atoms with Crippen LogP contribution in [0.4, 0.5) is 0 Å². The number of carboxylic acid groups (broad SMARTS) is 1. The van der Waals surface area contributed by atoms with E-state index in [1.807, 2.05) is 30.3 Å². The van der Waals surface area contributed by atoms with E-state index in [0.717, 1.165) is 22.0 Å². The first-order valence-corrected chi connectivity index (χ1v) is 9.36. The minimum absolute atomic E-state index is 0.278. The Balaban J connectivity index is 1.50. The molecule has 1 fully saturated rings. The second kappa shape index (κ2) is 8.47. The zero-order valence-corrected chi connectivity index (χ0v) is 15.2. The second-order valence-corrected chi connectivity index (χ2v) is 7.68. The highest BCUT2D eigenvalue weighted by atomic mass is 35.5. The van der Waals surface area contributed by atoms with Crippen LogP contribution in [0.15, 0.2) is 41.5 Å². The maximum atomic E-state index is 11.1. The van der Waals surface area contributed by atoms with E-state index >= 15 is 0 Å². The number of hydrogen-bond acceptors (Lipinski definition) is 5. The number of hydrazone groups is 1. The van der Waals surface area contributed by atoms with E-state index in [0.29, 0.717) is 19.5 Å². The molecule has 0 amide bonds. The van der Waals surface area contributed by atoms with Crippen molar-refractivity contribution in [3.63, 3.8) is 0 Å². The fraction of sp³-hybridized carbons (Fsp3) is 0.333. The molecule has 0 spiro atoms. The molecule has 1 aliphatic rings. The predicted octanol–water partition coefficient (Wildman–Crippen LogP) is 3.30. The van der Waals surface area contributed by atoms with Crippen molar-refractivity contribution in [1.82, 2.24) is 10.7 Å². The minimum Gasteiger partial charge on any atom is -0.481 e. The van der Waals surface area contributed by atoms with E-state index in [1.165, 1.54) is 4.88 Å². The molecule has 5 nitrogen and oxygen atoms in total. The van der Waals surface area contributed by atoms with Gasteiger partial charge in [0.1, 0.15) is 0 Å². The smallest absolute Gasteiger partial charge is 0.307 e. The molecule has 3 N–H and O–H groups in total. The van der Waals surface area contributed by atoms with Gasteiger partial charge in [-0.15, -0.1) is 11.3 Å². The summed E-state index contributed by atoms with van der Waals surface area (Å²) >= 11 is 7.58. The van der Waals surface area contributed by atoms with Crippen LogP contribution in [0.5, 0.6) is 0 Å². The zero-order chi connectivity index (χ0) is 17.6. The van der Waals surface area contributed by atoms with Gasteiger partial charge in [0.05, 0.1) is 12.1 Å². The summed E-state index contributed by atoms with van der Waals surface area (Å²) in [6.07, 6.45) is 2.49. The molecular formula is C18H20ClN3O2S. The van der Waals surface area contributed by atoms with Gasteiger partial charge in [0.2, 0.25) is 0 Å². The molecule has 1 aromatic heterocycles. The van der Waals surface area contributed by atoms with Gasteiger partial charge in [0.15, 0.2) is 0 Å². The second-order valence-electron chi connectivity index (χ2n) is 6.12. The Labute approximate surface area is 155 Å². The van der Waals surface area contributed by atoms with Crippen LogP contribution in [0.1, 0.15) is 11.3 Å². The summed E-state index contributed by atoms with van der Waals surface area (Å²) in [7, 11) is 0. The molecule has 0 aliphatic carbocycles. The third-order valence-corrected chi connectivity index (χ3v) is 5.53. The van der Waals surface area contributed by atoms with Gasteiger partial charge < -0.3 is 15.8 Å². The molecule has 2 atom stereocenters. The van der Waals surface area contributed by atoms with Crippen LogP contribution in [0, 0.1) is 11.8 Å². The first kappa shape index (κ1) is 17.9. The number of halogens is 1. The molecule has 3 rings (SSSR count). The fourth-order valence-electron chi connectivity index (χ4n) is 2.86.